The van der Waals surface area contributed by atoms with E-state index >= 15 is 0 Å². The van der Waals surface area contributed by atoms with Crippen LogP contribution in [0, 0.1) is 0 Å². The Hall–Kier alpha value is -0.0800. The van der Waals surface area contributed by atoms with Gasteiger partial charge in [-0.3, -0.25) is 0 Å². The quantitative estimate of drug-likeness (QED) is 0.638. The summed E-state index contributed by atoms with van der Waals surface area (Å²) in [6, 6.07) is 0. The Morgan fingerprint density at radius 3 is 1.00 bits per heavy atom. The molecule has 0 radical (unpaired) electrons. The Labute approximate surface area is 76.3 Å². The third kappa shape index (κ3) is 5.56. The van der Waals surface area contributed by atoms with Crippen LogP contribution in [0.4, 0.5) is 0 Å². The summed E-state index contributed by atoms with van der Waals surface area (Å²) in [5.74, 6) is 0. The van der Waals surface area contributed by atoms with E-state index in [4.69, 9.17) is 9.47 Å². The van der Waals surface area contributed by atoms with E-state index in [9.17, 15) is 0 Å². The van der Waals surface area contributed by atoms with Crippen LogP contribution < -0.4 is 0 Å². The van der Waals surface area contributed by atoms with Crippen molar-refractivity contribution in [3.63, 3.8) is 0 Å². The molecule has 2 atom stereocenters. The van der Waals surface area contributed by atoms with Gasteiger partial charge in [-0.05, 0) is 41.5 Å². The van der Waals surface area contributed by atoms with Crippen LogP contribution in [0.15, 0.2) is 0 Å². The molecule has 74 valence electrons. The zero-order chi connectivity index (χ0) is 9.72. The summed E-state index contributed by atoms with van der Waals surface area (Å²) < 4.78 is 11.2. The van der Waals surface area contributed by atoms with E-state index in [1.807, 2.05) is 41.5 Å². The monoisotopic (exact) mass is 174 g/mol. The third-order valence-electron chi connectivity index (χ3n) is 1.63. The summed E-state index contributed by atoms with van der Waals surface area (Å²) in [5, 5.41) is 0. The number of ether oxygens (including phenoxy) is 2. The topological polar surface area (TPSA) is 18.5 Å². The fraction of sp³-hybridized carbons (Fsp3) is 1.00. The molecule has 0 aromatic heterocycles. The van der Waals surface area contributed by atoms with Gasteiger partial charge in [-0.1, -0.05) is 0 Å². The highest BCUT2D eigenvalue weighted by Crippen LogP contribution is 2.08. The largest absolute Gasteiger partial charge is 0.373 e. The molecular formula is C10H22O2. The molecule has 2 unspecified atom stereocenters. The molecule has 0 bridgehead atoms. The van der Waals surface area contributed by atoms with Crippen molar-refractivity contribution < 1.29 is 9.47 Å². The lowest BCUT2D eigenvalue weighted by Gasteiger charge is -2.24. The standard InChI is InChI=1S/C10H22O2/c1-7(2)11-9(5)10(6)12-8(3)4/h7-10H,1-6H3. The van der Waals surface area contributed by atoms with Crippen LogP contribution in [0.25, 0.3) is 0 Å². The van der Waals surface area contributed by atoms with Crippen molar-refractivity contribution in [3.8, 4) is 0 Å². The van der Waals surface area contributed by atoms with Crippen molar-refractivity contribution in [1.29, 1.82) is 0 Å². The molecule has 12 heavy (non-hydrogen) atoms. The SMILES string of the molecule is CC(C)OC(C)C(C)OC(C)C. The lowest BCUT2D eigenvalue weighted by atomic mass is 10.2. The molecule has 0 heterocycles. The fourth-order valence-electron chi connectivity index (χ4n) is 1.08. The van der Waals surface area contributed by atoms with Gasteiger partial charge in [-0.2, -0.15) is 0 Å². The van der Waals surface area contributed by atoms with Gasteiger partial charge in [0.25, 0.3) is 0 Å². The van der Waals surface area contributed by atoms with Crippen molar-refractivity contribution >= 4 is 0 Å². The molecule has 0 saturated heterocycles. The fourth-order valence-corrected chi connectivity index (χ4v) is 1.08. The highest BCUT2D eigenvalue weighted by Gasteiger charge is 2.15. The van der Waals surface area contributed by atoms with Gasteiger partial charge in [0.2, 0.25) is 0 Å². The second kappa shape index (κ2) is 5.55. The van der Waals surface area contributed by atoms with Crippen LogP contribution in [0.3, 0.4) is 0 Å². The summed E-state index contributed by atoms with van der Waals surface area (Å²) in [6.45, 7) is 12.3. The van der Waals surface area contributed by atoms with Gasteiger partial charge >= 0.3 is 0 Å². The molecule has 0 aromatic rings. The van der Waals surface area contributed by atoms with E-state index in [-0.39, 0.29) is 24.4 Å². The third-order valence-corrected chi connectivity index (χ3v) is 1.63. The van der Waals surface area contributed by atoms with Crippen LogP contribution in [-0.4, -0.2) is 24.4 Å². The van der Waals surface area contributed by atoms with E-state index in [1.54, 1.807) is 0 Å². The van der Waals surface area contributed by atoms with Crippen molar-refractivity contribution in [3.05, 3.63) is 0 Å². The van der Waals surface area contributed by atoms with Gasteiger partial charge in [-0.25, -0.2) is 0 Å². The van der Waals surface area contributed by atoms with Crippen LogP contribution >= 0.6 is 0 Å². The Kier molecular flexibility index (Phi) is 5.51. The molecule has 2 nitrogen and oxygen atoms in total. The highest BCUT2D eigenvalue weighted by atomic mass is 16.5. The Morgan fingerprint density at radius 2 is 0.833 bits per heavy atom. The molecule has 0 aromatic carbocycles. The zero-order valence-corrected chi connectivity index (χ0v) is 9.13. The molecule has 0 aliphatic rings. The summed E-state index contributed by atoms with van der Waals surface area (Å²) in [4.78, 5) is 0. The predicted octanol–water partition coefficient (Wildman–Crippen LogP) is 2.61. The van der Waals surface area contributed by atoms with Crippen molar-refractivity contribution in [2.75, 3.05) is 0 Å². The predicted molar refractivity (Wildman–Crippen MR) is 51.4 cm³/mol. The average molecular weight is 174 g/mol. The second-order valence-electron chi connectivity index (χ2n) is 3.78. The van der Waals surface area contributed by atoms with Gasteiger partial charge in [0.05, 0.1) is 24.4 Å². The summed E-state index contributed by atoms with van der Waals surface area (Å²) in [7, 11) is 0. The molecule has 2 heteroatoms. The summed E-state index contributed by atoms with van der Waals surface area (Å²) in [6.07, 6.45) is 0.899. The number of hydrogen-bond acceptors (Lipinski definition) is 2. The lowest BCUT2D eigenvalue weighted by Crippen LogP contribution is -2.30. The first-order valence-corrected chi connectivity index (χ1v) is 4.74. The van der Waals surface area contributed by atoms with Gasteiger partial charge in [0.1, 0.15) is 0 Å². The Morgan fingerprint density at radius 1 is 0.583 bits per heavy atom. The molecule has 0 N–H and O–H groups in total. The minimum Gasteiger partial charge on any atom is -0.373 e. The van der Waals surface area contributed by atoms with E-state index in [0.717, 1.165) is 0 Å². The van der Waals surface area contributed by atoms with E-state index < -0.39 is 0 Å². The molecule has 0 aliphatic carbocycles. The Bertz CT molecular complexity index is 96.4. The minimum absolute atomic E-state index is 0.174. The maximum absolute atomic E-state index is 5.59. The molecule has 0 fully saturated rings. The van der Waals surface area contributed by atoms with Crippen molar-refractivity contribution in [2.45, 2.75) is 66.0 Å². The second-order valence-corrected chi connectivity index (χ2v) is 3.78. The van der Waals surface area contributed by atoms with Crippen LogP contribution in [0.1, 0.15) is 41.5 Å². The molecular weight excluding hydrogens is 152 g/mol. The smallest absolute Gasteiger partial charge is 0.0809 e. The molecule has 0 spiro atoms. The minimum atomic E-state index is 0.174. The van der Waals surface area contributed by atoms with E-state index in [0.29, 0.717) is 0 Å². The van der Waals surface area contributed by atoms with Crippen molar-refractivity contribution in [1.82, 2.24) is 0 Å². The number of rotatable bonds is 5. The normalized spacial score (nSPS) is 17.0. The van der Waals surface area contributed by atoms with Crippen LogP contribution in [-0.2, 0) is 9.47 Å². The summed E-state index contributed by atoms with van der Waals surface area (Å²) in [5.41, 5.74) is 0. The van der Waals surface area contributed by atoms with Gasteiger partial charge in [-0.15, -0.1) is 0 Å². The van der Waals surface area contributed by atoms with Gasteiger partial charge < -0.3 is 9.47 Å². The first kappa shape index (κ1) is 11.9. The maximum Gasteiger partial charge on any atom is 0.0809 e. The van der Waals surface area contributed by atoms with E-state index in [1.165, 1.54) is 0 Å². The molecule has 0 aliphatic heterocycles. The van der Waals surface area contributed by atoms with E-state index in [2.05, 4.69) is 0 Å². The first-order chi connectivity index (χ1) is 5.43. The molecule has 0 rings (SSSR count). The molecule has 0 amide bonds. The average Bonchev–Trinajstić information content (AvgIpc) is 1.84. The lowest BCUT2D eigenvalue weighted by molar-refractivity contribution is -0.0942. The summed E-state index contributed by atoms with van der Waals surface area (Å²) >= 11 is 0. The van der Waals surface area contributed by atoms with Gasteiger partial charge in [0.15, 0.2) is 0 Å². The van der Waals surface area contributed by atoms with Gasteiger partial charge in [0, 0.05) is 0 Å². The number of hydrogen-bond donors (Lipinski definition) is 0. The molecule has 0 saturated carbocycles. The van der Waals surface area contributed by atoms with Crippen LogP contribution in [0.2, 0.25) is 0 Å². The van der Waals surface area contributed by atoms with Crippen molar-refractivity contribution in [2.24, 2.45) is 0 Å². The maximum atomic E-state index is 5.59. The first-order valence-electron chi connectivity index (χ1n) is 4.74. The highest BCUT2D eigenvalue weighted by molar-refractivity contribution is 4.62. The Balaban J connectivity index is 3.68. The zero-order valence-electron chi connectivity index (χ0n) is 9.13. The van der Waals surface area contributed by atoms with Crippen LogP contribution in [0.5, 0.6) is 0 Å².